The van der Waals surface area contributed by atoms with Gasteiger partial charge in [-0.05, 0) is 49.2 Å². The van der Waals surface area contributed by atoms with E-state index in [0.717, 1.165) is 19.3 Å². The normalized spacial score (nSPS) is 16.0. The zero-order valence-corrected chi connectivity index (χ0v) is 13.9. The molecule has 126 valence electrons. The van der Waals surface area contributed by atoms with Gasteiger partial charge in [-0.2, -0.15) is 4.31 Å². The van der Waals surface area contributed by atoms with Crippen LogP contribution in [-0.2, 0) is 10.0 Å². The number of hydrogen-bond acceptors (Lipinski definition) is 4. The first kappa shape index (κ1) is 16.6. The fourth-order valence-corrected chi connectivity index (χ4v) is 4.36. The molecule has 1 saturated heterocycles. The lowest BCUT2D eigenvalue weighted by atomic mass is 10.2. The van der Waals surface area contributed by atoms with Crippen molar-refractivity contribution in [3.05, 3.63) is 53.9 Å². The molecule has 6 nitrogen and oxygen atoms in total. The molecule has 1 fully saturated rings. The summed E-state index contributed by atoms with van der Waals surface area (Å²) in [7, 11) is -3.51. The van der Waals surface area contributed by atoms with Crippen LogP contribution in [0.5, 0.6) is 0 Å². The number of carbonyl (C=O) groups is 2. The summed E-state index contributed by atoms with van der Waals surface area (Å²) in [4.78, 5) is 23.5. The molecule has 7 heteroatoms. The first-order chi connectivity index (χ1) is 11.5. The van der Waals surface area contributed by atoms with E-state index in [2.05, 4.69) is 0 Å². The second-order valence-corrected chi connectivity index (χ2v) is 7.65. The molecule has 0 amide bonds. The second-order valence-electron chi connectivity index (χ2n) is 5.72. The molecular weight excluding hydrogens is 328 g/mol. The molecule has 24 heavy (non-hydrogen) atoms. The molecule has 0 bridgehead atoms. The van der Waals surface area contributed by atoms with Gasteiger partial charge in [0.2, 0.25) is 10.0 Å². The summed E-state index contributed by atoms with van der Waals surface area (Å²) in [5.74, 6) is -0.371. The Morgan fingerprint density at radius 1 is 1.00 bits per heavy atom. The maximum absolute atomic E-state index is 12.6. The highest BCUT2D eigenvalue weighted by Gasteiger charge is 2.26. The van der Waals surface area contributed by atoms with Crippen molar-refractivity contribution in [1.29, 1.82) is 0 Å². The monoisotopic (exact) mass is 346 g/mol. The van der Waals surface area contributed by atoms with Crippen LogP contribution in [0.3, 0.4) is 0 Å². The molecule has 0 atom stereocenters. The van der Waals surface area contributed by atoms with Gasteiger partial charge in [0.15, 0.2) is 6.29 Å². The number of rotatable bonds is 4. The van der Waals surface area contributed by atoms with Gasteiger partial charge in [0.1, 0.15) is 0 Å². The summed E-state index contributed by atoms with van der Waals surface area (Å²) in [6, 6.07) is 9.00. The van der Waals surface area contributed by atoms with Crippen LogP contribution in [0, 0.1) is 0 Å². The van der Waals surface area contributed by atoms with E-state index in [1.54, 1.807) is 12.1 Å². The average Bonchev–Trinajstić information content (AvgIpc) is 3.10. The Labute approximate surface area is 140 Å². The molecule has 0 aliphatic carbocycles. The van der Waals surface area contributed by atoms with E-state index in [1.807, 2.05) is 0 Å². The molecule has 1 aliphatic heterocycles. The van der Waals surface area contributed by atoms with E-state index in [9.17, 15) is 18.0 Å². The third-order valence-electron chi connectivity index (χ3n) is 4.17. The van der Waals surface area contributed by atoms with Crippen molar-refractivity contribution in [3.63, 3.8) is 0 Å². The molecule has 0 unspecified atom stereocenters. The summed E-state index contributed by atoms with van der Waals surface area (Å²) in [5.41, 5.74) is 0.580. The lowest BCUT2D eigenvalue weighted by molar-refractivity contribution is 0.0947. The molecule has 0 N–H and O–H groups in total. The van der Waals surface area contributed by atoms with Gasteiger partial charge in [0.05, 0.1) is 10.6 Å². The van der Waals surface area contributed by atoms with Gasteiger partial charge in [0.25, 0.3) is 5.91 Å². The van der Waals surface area contributed by atoms with Gasteiger partial charge in [0, 0.05) is 24.8 Å². The average molecular weight is 346 g/mol. The van der Waals surface area contributed by atoms with Gasteiger partial charge in [-0.15, -0.1) is 0 Å². The Kier molecular flexibility index (Phi) is 4.64. The van der Waals surface area contributed by atoms with Gasteiger partial charge in [-0.1, -0.05) is 6.42 Å². The molecule has 3 rings (SSSR count). The summed E-state index contributed by atoms with van der Waals surface area (Å²) in [6.45, 7) is 1.07. The highest BCUT2D eigenvalue weighted by Crippen LogP contribution is 2.21. The number of piperidine rings is 1. The van der Waals surface area contributed by atoms with E-state index in [-0.39, 0.29) is 16.5 Å². The van der Waals surface area contributed by atoms with Crippen molar-refractivity contribution in [2.45, 2.75) is 24.2 Å². The van der Waals surface area contributed by atoms with Crippen LogP contribution < -0.4 is 0 Å². The standard InChI is InChI=1S/C17H18N2O4S/c20-13-15-5-4-12-19(15)17(21)14-6-8-16(9-7-14)24(22,23)18-10-2-1-3-11-18/h4-9,12-13H,1-3,10-11H2. The van der Waals surface area contributed by atoms with Crippen molar-refractivity contribution in [1.82, 2.24) is 8.87 Å². The lowest BCUT2D eigenvalue weighted by Crippen LogP contribution is -2.35. The number of aromatic nitrogens is 1. The van der Waals surface area contributed by atoms with Crippen LogP contribution >= 0.6 is 0 Å². The quantitative estimate of drug-likeness (QED) is 0.795. The van der Waals surface area contributed by atoms with Gasteiger partial charge in [-0.25, -0.2) is 8.42 Å². The van der Waals surface area contributed by atoms with Crippen LogP contribution in [0.4, 0.5) is 0 Å². The SMILES string of the molecule is O=Cc1cccn1C(=O)c1ccc(S(=O)(=O)N2CCCCC2)cc1. The third-order valence-corrected chi connectivity index (χ3v) is 6.09. The number of carbonyl (C=O) groups excluding carboxylic acids is 2. The zero-order valence-electron chi connectivity index (χ0n) is 13.1. The number of nitrogens with zero attached hydrogens (tertiary/aromatic N) is 2. The van der Waals surface area contributed by atoms with Crippen molar-refractivity contribution in [2.24, 2.45) is 0 Å². The smallest absolute Gasteiger partial charge is 0.262 e. The molecular formula is C17H18N2O4S. The van der Waals surface area contributed by atoms with Crippen molar-refractivity contribution >= 4 is 22.2 Å². The van der Waals surface area contributed by atoms with Crippen LogP contribution in [0.2, 0.25) is 0 Å². The molecule has 1 aromatic heterocycles. The predicted octanol–water partition coefficient (Wildman–Crippen LogP) is 2.16. The van der Waals surface area contributed by atoms with Crippen molar-refractivity contribution in [2.75, 3.05) is 13.1 Å². The fourth-order valence-electron chi connectivity index (χ4n) is 2.84. The number of aldehydes is 1. The highest BCUT2D eigenvalue weighted by molar-refractivity contribution is 7.89. The molecule has 2 heterocycles. The van der Waals surface area contributed by atoms with E-state index in [0.29, 0.717) is 24.9 Å². The third kappa shape index (κ3) is 3.05. The van der Waals surface area contributed by atoms with E-state index >= 15 is 0 Å². The highest BCUT2D eigenvalue weighted by atomic mass is 32.2. The molecule has 0 spiro atoms. The molecule has 0 saturated carbocycles. The Hall–Kier alpha value is -2.25. The van der Waals surface area contributed by atoms with E-state index < -0.39 is 10.0 Å². The Balaban J connectivity index is 1.85. The summed E-state index contributed by atoms with van der Waals surface area (Å²) < 4.78 is 27.9. The van der Waals surface area contributed by atoms with E-state index in [4.69, 9.17) is 0 Å². The van der Waals surface area contributed by atoms with E-state index in [1.165, 1.54) is 39.3 Å². The number of benzene rings is 1. The Morgan fingerprint density at radius 3 is 2.29 bits per heavy atom. The predicted molar refractivity (Wildman–Crippen MR) is 88.6 cm³/mol. The first-order valence-corrected chi connectivity index (χ1v) is 9.25. The number of sulfonamides is 1. The fraction of sp³-hybridized carbons (Fsp3) is 0.294. The summed E-state index contributed by atoms with van der Waals surface area (Å²) in [6.07, 6.45) is 4.91. The summed E-state index contributed by atoms with van der Waals surface area (Å²) in [5, 5.41) is 0. The summed E-state index contributed by atoms with van der Waals surface area (Å²) >= 11 is 0. The van der Waals surface area contributed by atoms with Crippen LogP contribution in [0.15, 0.2) is 47.5 Å². The van der Waals surface area contributed by atoms with Crippen LogP contribution in [0.1, 0.15) is 40.1 Å². The largest absolute Gasteiger partial charge is 0.296 e. The molecule has 1 aliphatic rings. The van der Waals surface area contributed by atoms with Crippen LogP contribution in [-0.4, -0.2) is 42.6 Å². The topological polar surface area (TPSA) is 76.5 Å². The Morgan fingerprint density at radius 2 is 1.67 bits per heavy atom. The first-order valence-electron chi connectivity index (χ1n) is 7.81. The zero-order chi connectivity index (χ0) is 17.2. The van der Waals surface area contributed by atoms with Gasteiger partial charge < -0.3 is 0 Å². The minimum Gasteiger partial charge on any atom is -0.296 e. The minimum absolute atomic E-state index is 0.184. The molecule has 2 aromatic rings. The molecule has 0 radical (unpaired) electrons. The van der Waals surface area contributed by atoms with Gasteiger partial charge >= 0.3 is 0 Å². The van der Waals surface area contributed by atoms with Crippen molar-refractivity contribution in [3.8, 4) is 0 Å². The maximum atomic E-state index is 12.6. The van der Waals surface area contributed by atoms with Gasteiger partial charge in [-0.3, -0.25) is 14.2 Å². The second kappa shape index (κ2) is 6.70. The number of hydrogen-bond donors (Lipinski definition) is 0. The molecule has 1 aromatic carbocycles. The maximum Gasteiger partial charge on any atom is 0.262 e. The lowest BCUT2D eigenvalue weighted by Gasteiger charge is -2.25. The van der Waals surface area contributed by atoms with Crippen molar-refractivity contribution < 1.29 is 18.0 Å². The van der Waals surface area contributed by atoms with Crippen LogP contribution in [0.25, 0.3) is 0 Å². The minimum atomic E-state index is -3.51. The Bertz CT molecular complexity index is 847.